The van der Waals surface area contributed by atoms with Crippen LogP contribution in [-0.2, 0) is 26.5 Å². The summed E-state index contributed by atoms with van der Waals surface area (Å²) in [5, 5.41) is 13.1. The summed E-state index contributed by atoms with van der Waals surface area (Å²) in [5.41, 5.74) is 14.8. The monoisotopic (exact) mass is 962 g/mol. The zero-order valence-corrected chi connectivity index (χ0v) is 39.2. The molecule has 4 aromatic carbocycles. The number of hydrogen-bond acceptors (Lipinski definition) is 2. The molecule has 0 N–H and O–H groups in total. The zero-order chi connectivity index (χ0) is 40.6. The summed E-state index contributed by atoms with van der Waals surface area (Å²) in [7, 11) is 7.10. The van der Waals surface area contributed by atoms with Crippen LogP contribution in [0.25, 0.3) is 53.8 Å². The quantitative estimate of drug-likeness (QED) is 0.0890. The summed E-state index contributed by atoms with van der Waals surface area (Å²) in [6.45, 7) is 29.1. The first-order chi connectivity index (χ1) is 26.5. The van der Waals surface area contributed by atoms with Crippen molar-refractivity contribution < 1.29 is 29.2 Å². The smallest absolute Gasteiger partial charge is 0.0856 e. The first-order valence-corrected chi connectivity index (χ1v) is 23.8. The van der Waals surface area contributed by atoms with Crippen molar-refractivity contribution in [1.29, 1.82) is 5.26 Å². The second-order valence-electron chi connectivity index (χ2n) is 16.9. The van der Waals surface area contributed by atoms with Gasteiger partial charge in [-0.2, -0.15) is 36.3 Å². The number of benzene rings is 4. The van der Waals surface area contributed by atoms with Crippen molar-refractivity contribution in [3.8, 4) is 39.7 Å². The van der Waals surface area contributed by atoms with Gasteiger partial charge in [0.25, 0.3) is 0 Å². The Bertz CT molecular complexity index is 2620. The Labute approximate surface area is 360 Å². The molecule has 0 amide bonds. The van der Waals surface area contributed by atoms with Crippen LogP contribution in [0.2, 0.25) is 19.6 Å². The predicted molar refractivity (Wildman–Crippen MR) is 243 cm³/mol. The molecule has 0 saturated carbocycles. The standard InChI is InChI=1S/C30H28NS.C21H27N2Si.Ir/c1-18(2)25-16-27(31(6)17-21(25)5)28-19(3)12-13-24-26-15-23(22-10-8-7-9-11-22)14-20(4)29(26)32-30(24)28;1-15(2)10-18-12-20(23(4)14-21(18)24(5,6)7)19-9-8-17(13-22)11-16(19)3;/h7-18H,3,6H2,1-2,4-5H3;8-9,11-12,14-15H,3-4,10H2,1-2,5-7H3;/q2*-1;. The molecule has 295 valence electrons. The maximum atomic E-state index is 9.06. The third-order valence-electron chi connectivity index (χ3n) is 10.6. The van der Waals surface area contributed by atoms with Crippen molar-refractivity contribution in [2.75, 3.05) is 0 Å². The van der Waals surface area contributed by atoms with E-state index >= 15 is 0 Å². The fourth-order valence-electron chi connectivity index (χ4n) is 7.85. The summed E-state index contributed by atoms with van der Waals surface area (Å²) in [4.78, 5) is 0. The van der Waals surface area contributed by atoms with E-state index in [-0.39, 0.29) is 20.1 Å². The van der Waals surface area contributed by atoms with Crippen LogP contribution >= 0.6 is 11.3 Å². The number of rotatable bonds is 7. The van der Waals surface area contributed by atoms with Crippen LogP contribution in [0.3, 0.4) is 0 Å². The minimum Gasteiger partial charge on any atom is -0.343 e. The molecule has 3 aromatic heterocycles. The number of aryl methyl sites for hydroxylation is 2. The van der Waals surface area contributed by atoms with E-state index in [0.717, 1.165) is 34.5 Å². The summed E-state index contributed by atoms with van der Waals surface area (Å²) in [6, 6.07) is 32.1. The van der Waals surface area contributed by atoms with Crippen LogP contribution in [0.5, 0.6) is 0 Å². The van der Waals surface area contributed by atoms with E-state index < -0.39 is 8.07 Å². The Morgan fingerprint density at radius 2 is 1.40 bits per heavy atom. The first-order valence-electron chi connectivity index (χ1n) is 19.5. The number of nitrogens with zero attached hydrogens (tertiary/aromatic N) is 3. The van der Waals surface area contributed by atoms with Crippen molar-refractivity contribution in [1.82, 2.24) is 0 Å². The van der Waals surface area contributed by atoms with E-state index in [1.54, 1.807) is 0 Å². The topological polar surface area (TPSA) is 31.5 Å². The van der Waals surface area contributed by atoms with Gasteiger partial charge >= 0.3 is 0 Å². The molecule has 0 aliphatic carbocycles. The molecule has 7 rings (SSSR count). The second-order valence-corrected chi connectivity index (χ2v) is 23.0. The Kier molecular flexibility index (Phi) is 13.2. The van der Waals surface area contributed by atoms with E-state index in [1.165, 1.54) is 64.3 Å². The molecule has 3 nitrogen and oxygen atoms in total. The van der Waals surface area contributed by atoms with Crippen molar-refractivity contribution in [2.45, 2.75) is 73.5 Å². The van der Waals surface area contributed by atoms with Crippen LogP contribution in [0, 0.1) is 59.0 Å². The predicted octanol–water partition coefficient (Wildman–Crippen LogP) is 12.3. The molecule has 0 bridgehead atoms. The summed E-state index contributed by atoms with van der Waals surface area (Å²) in [5.74, 6) is 1.06. The number of thiophene rings is 1. The molecule has 7 aromatic rings. The Morgan fingerprint density at radius 1 is 0.719 bits per heavy atom. The Morgan fingerprint density at radius 3 is 2.02 bits per heavy atom. The molecular weight excluding hydrogens is 907 g/mol. The Hall–Kier alpha value is -4.76. The van der Waals surface area contributed by atoms with Crippen LogP contribution in [0.15, 0.2) is 97.3 Å². The number of pyridine rings is 2. The third kappa shape index (κ3) is 9.04. The van der Waals surface area contributed by atoms with Crippen molar-refractivity contribution in [3.05, 3.63) is 164 Å². The fraction of sp³-hybridized carbons (Fsp3) is 0.235. The molecule has 0 aliphatic rings. The number of aromatic nitrogens is 2. The molecule has 0 spiro atoms. The summed E-state index contributed by atoms with van der Waals surface area (Å²) >= 11 is 1.87. The van der Waals surface area contributed by atoms with Gasteiger partial charge in [-0.15, -0.1) is 35.1 Å². The first kappa shape index (κ1) is 43.4. The zero-order valence-electron chi connectivity index (χ0n) is 35.0. The number of hydrogen-bond donors (Lipinski definition) is 0. The van der Waals surface area contributed by atoms with E-state index in [9.17, 15) is 0 Å². The van der Waals surface area contributed by atoms with Gasteiger partial charge in [-0.25, -0.2) is 0 Å². The van der Waals surface area contributed by atoms with Gasteiger partial charge in [0.05, 0.1) is 37.9 Å². The molecule has 0 saturated heterocycles. The van der Waals surface area contributed by atoms with E-state index in [1.807, 2.05) is 38.7 Å². The van der Waals surface area contributed by atoms with Gasteiger partial charge in [-0.05, 0) is 92.7 Å². The normalized spacial score (nSPS) is 11.4. The van der Waals surface area contributed by atoms with Gasteiger partial charge in [0.2, 0.25) is 0 Å². The molecule has 57 heavy (non-hydrogen) atoms. The van der Waals surface area contributed by atoms with Crippen LogP contribution in [0.4, 0.5) is 0 Å². The number of fused-ring (bicyclic) bond motifs is 3. The average molecular weight is 962 g/mol. The van der Waals surface area contributed by atoms with E-state index in [2.05, 4.69) is 174 Å². The molecule has 6 heteroatoms. The van der Waals surface area contributed by atoms with E-state index in [0.29, 0.717) is 17.4 Å². The van der Waals surface area contributed by atoms with Crippen molar-refractivity contribution >= 4 is 44.8 Å². The minimum absolute atomic E-state index is 0. The van der Waals surface area contributed by atoms with Crippen molar-refractivity contribution in [2.24, 2.45) is 5.92 Å². The maximum Gasteiger partial charge on any atom is 0.0856 e. The summed E-state index contributed by atoms with van der Waals surface area (Å²) < 4.78 is 6.61. The number of nitriles is 1. The molecule has 0 fully saturated rings. The fourth-order valence-corrected chi connectivity index (χ4v) is 10.9. The minimum atomic E-state index is -1.45. The van der Waals surface area contributed by atoms with Gasteiger partial charge in [0.15, 0.2) is 0 Å². The molecule has 0 aliphatic heterocycles. The van der Waals surface area contributed by atoms with Gasteiger partial charge in [-0.1, -0.05) is 113 Å². The van der Waals surface area contributed by atoms with Crippen LogP contribution in [-0.4, -0.2) is 8.07 Å². The Balaban J connectivity index is 0.000000223. The second kappa shape index (κ2) is 17.4. The van der Waals surface area contributed by atoms with E-state index in [4.69, 9.17) is 5.26 Å². The van der Waals surface area contributed by atoms with Gasteiger partial charge in [0.1, 0.15) is 0 Å². The summed E-state index contributed by atoms with van der Waals surface area (Å²) in [6.07, 6.45) is 5.42. The van der Waals surface area contributed by atoms with Gasteiger partial charge in [0, 0.05) is 38.9 Å². The van der Waals surface area contributed by atoms with Gasteiger partial charge < -0.3 is 9.13 Å². The molecule has 0 unspecified atom stereocenters. The van der Waals surface area contributed by atoms with Crippen LogP contribution < -0.4 is 14.3 Å². The van der Waals surface area contributed by atoms with Crippen molar-refractivity contribution in [3.63, 3.8) is 0 Å². The molecule has 0 atom stereocenters. The molecule has 1 radical (unpaired) electrons. The van der Waals surface area contributed by atoms with Gasteiger partial charge in [-0.3, -0.25) is 0 Å². The average Bonchev–Trinajstić information content (AvgIpc) is 3.51. The maximum absolute atomic E-state index is 9.06. The SMILES string of the molecule is [CH2-]c1cc(C#N)ccc1-c1cc(CC(C)C)c([Si](C)(C)C)c[n+]1[CH2-].[CH2-]c1ccc2c(sc3c(C)cc(-c4ccccc4)cc32)c1-c1cc(C(C)C)c(C)c[n+]1[CH2-].[Ir]. The largest absolute Gasteiger partial charge is 0.343 e. The third-order valence-corrected chi connectivity index (χ3v) is 14.0. The van der Waals surface area contributed by atoms with Crippen LogP contribution in [0.1, 0.15) is 72.6 Å². The molecular formula is C51H55IrN3SSi-2. The molecule has 3 heterocycles.